The molecule has 0 aromatic heterocycles. The number of hydrogen-bond donors (Lipinski definition) is 1. The van der Waals surface area contributed by atoms with Gasteiger partial charge in [-0.25, -0.2) is 17.1 Å². The van der Waals surface area contributed by atoms with Crippen LogP contribution in [0.1, 0.15) is 36.8 Å². The van der Waals surface area contributed by atoms with E-state index in [0.717, 1.165) is 0 Å². The molecule has 0 bridgehead atoms. The highest BCUT2D eigenvalue weighted by molar-refractivity contribution is 7.88. The van der Waals surface area contributed by atoms with Gasteiger partial charge in [0.25, 0.3) is 0 Å². The average molecular weight is 419 g/mol. The molecule has 156 valence electrons. The molecule has 7 heteroatoms. The summed E-state index contributed by atoms with van der Waals surface area (Å²) >= 11 is 0. The fourth-order valence-electron chi connectivity index (χ4n) is 3.58. The third-order valence-corrected chi connectivity index (χ3v) is 7.28. The van der Waals surface area contributed by atoms with Gasteiger partial charge in [-0.2, -0.15) is 0 Å². The molecule has 1 heterocycles. The predicted octanol–water partition coefficient (Wildman–Crippen LogP) is 3.29. The van der Waals surface area contributed by atoms with Gasteiger partial charge in [-0.3, -0.25) is 4.79 Å². The van der Waals surface area contributed by atoms with Gasteiger partial charge in [-0.1, -0.05) is 49.4 Å². The Labute approximate surface area is 172 Å². The number of rotatable bonds is 7. The van der Waals surface area contributed by atoms with E-state index in [-0.39, 0.29) is 29.3 Å². The van der Waals surface area contributed by atoms with Gasteiger partial charge in [-0.15, -0.1) is 0 Å². The molecular weight excluding hydrogens is 391 g/mol. The number of sulfonamides is 1. The molecule has 0 unspecified atom stereocenters. The van der Waals surface area contributed by atoms with Crippen molar-refractivity contribution in [3.63, 3.8) is 0 Å². The smallest absolute Gasteiger partial charge is 0.223 e. The average Bonchev–Trinajstić information content (AvgIpc) is 2.74. The first kappa shape index (κ1) is 21.5. The molecule has 1 atom stereocenters. The molecule has 1 saturated heterocycles. The Bertz CT molecular complexity index is 909. The Morgan fingerprint density at radius 2 is 1.72 bits per heavy atom. The monoisotopic (exact) mass is 418 g/mol. The summed E-state index contributed by atoms with van der Waals surface area (Å²) in [6, 6.07) is 15.5. The summed E-state index contributed by atoms with van der Waals surface area (Å²) in [5, 5.41) is 3.01. The van der Waals surface area contributed by atoms with E-state index in [9.17, 15) is 17.6 Å². The summed E-state index contributed by atoms with van der Waals surface area (Å²) < 4.78 is 39.7. The lowest BCUT2D eigenvalue weighted by Gasteiger charge is -2.30. The van der Waals surface area contributed by atoms with E-state index in [1.54, 1.807) is 0 Å². The number of halogens is 1. The molecule has 29 heavy (non-hydrogen) atoms. The zero-order valence-electron chi connectivity index (χ0n) is 16.6. The Morgan fingerprint density at radius 3 is 2.34 bits per heavy atom. The summed E-state index contributed by atoms with van der Waals surface area (Å²) in [7, 11) is -3.48. The van der Waals surface area contributed by atoms with Crippen LogP contribution in [0.4, 0.5) is 4.39 Å². The van der Waals surface area contributed by atoms with Gasteiger partial charge < -0.3 is 5.32 Å². The van der Waals surface area contributed by atoms with Crippen molar-refractivity contribution in [3.05, 3.63) is 71.5 Å². The van der Waals surface area contributed by atoms with Crippen LogP contribution in [-0.2, 0) is 20.6 Å². The highest BCUT2D eigenvalue weighted by atomic mass is 32.2. The minimum absolute atomic E-state index is 0.0108. The van der Waals surface area contributed by atoms with Gasteiger partial charge in [0.2, 0.25) is 15.9 Å². The van der Waals surface area contributed by atoms with E-state index in [1.165, 1.54) is 34.1 Å². The van der Waals surface area contributed by atoms with Crippen molar-refractivity contribution >= 4 is 15.9 Å². The Morgan fingerprint density at radius 1 is 1.10 bits per heavy atom. The largest absolute Gasteiger partial charge is 0.355 e. The second-order valence-electron chi connectivity index (χ2n) is 7.61. The maximum Gasteiger partial charge on any atom is 0.223 e. The molecule has 1 amide bonds. The van der Waals surface area contributed by atoms with Crippen LogP contribution in [0.15, 0.2) is 54.6 Å². The van der Waals surface area contributed by atoms with Crippen molar-refractivity contribution < 1.29 is 17.6 Å². The lowest BCUT2D eigenvalue weighted by atomic mass is 9.96. The lowest BCUT2D eigenvalue weighted by molar-refractivity contribution is -0.126. The Hall–Kier alpha value is -2.25. The minimum Gasteiger partial charge on any atom is -0.355 e. The molecule has 1 aliphatic heterocycles. The van der Waals surface area contributed by atoms with Crippen LogP contribution in [0.2, 0.25) is 0 Å². The third kappa shape index (κ3) is 5.87. The van der Waals surface area contributed by atoms with Crippen LogP contribution in [0.3, 0.4) is 0 Å². The molecule has 3 rings (SSSR count). The first-order chi connectivity index (χ1) is 13.8. The zero-order valence-corrected chi connectivity index (χ0v) is 17.4. The number of hydrogen-bond acceptors (Lipinski definition) is 3. The number of nitrogens with one attached hydrogen (secondary N) is 1. The molecular formula is C22H27FN2O3S. The highest BCUT2D eigenvalue weighted by Gasteiger charge is 2.31. The molecule has 0 spiro atoms. The van der Waals surface area contributed by atoms with E-state index in [0.29, 0.717) is 38.0 Å². The summed E-state index contributed by atoms with van der Waals surface area (Å²) in [5.74, 6) is -0.506. The molecule has 1 fully saturated rings. The Kier molecular flexibility index (Phi) is 7.03. The van der Waals surface area contributed by atoms with Crippen molar-refractivity contribution in [2.24, 2.45) is 5.92 Å². The maximum absolute atomic E-state index is 13.0. The van der Waals surface area contributed by atoms with Crippen molar-refractivity contribution in [1.29, 1.82) is 0 Å². The van der Waals surface area contributed by atoms with Gasteiger partial charge >= 0.3 is 0 Å². The molecule has 0 radical (unpaired) electrons. The number of nitrogens with zero attached hydrogens (tertiary/aromatic N) is 1. The molecule has 1 aliphatic rings. The van der Waals surface area contributed by atoms with Crippen LogP contribution in [-0.4, -0.2) is 38.3 Å². The van der Waals surface area contributed by atoms with Crippen molar-refractivity contribution in [1.82, 2.24) is 9.62 Å². The van der Waals surface area contributed by atoms with E-state index in [4.69, 9.17) is 0 Å². The summed E-state index contributed by atoms with van der Waals surface area (Å²) in [6.07, 6.45) is 1.02. The summed E-state index contributed by atoms with van der Waals surface area (Å²) in [6.45, 7) is 3.29. The lowest BCUT2D eigenvalue weighted by Crippen LogP contribution is -2.43. The SMILES string of the molecule is C[C@H](CNC(=O)C1CCN(S(=O)(=O)Cc2ccc(F)cc2)CC1)c1ccccc1. The van der Waals surface area contributed by atoms with Crippen LogP contribution < -0.4 is 5.32 Å². The van der Waals surface area contributed by atoms with Crippen LogP contribution in [0.25, 0.3) is 0 Å². The number of benzene rings is 2. The molecule has 2 aromatic rings. The number of piperidine rings is 1. The van der Waals surface area contributed by atoms with Gasteiger partial charge in [0.15, 0.2) is 0 Å². The first-order valence-corrected chi connectivity index (χ1v) is 11.5. The van der Waals surface area contributed by atoms with Crippen LogP contribution in [0.5, 0.6) is 0 Å². The van der Waals surface area contributed by atoms with E-state index < -0.39 is 10.0 Å². The molecule has 5 nitrogen and oxygen atoms in total. The van der Waals surface area contributed by atoms with Gasteiger partial charge in [0.1, 0.15) is 5.82 Å². The van der Waals surface area contributed by atoms with E-state index in [2.05, 4.69) is 12.2 Å². The fraction of sp³-hybridized carbons (Fsp3) is 0.409. The molecule has 0 saturated carbocycles. The van der Waals surface area contributed by atoms with Gasteiger partial charge in [-0.05, 0) is 42.0 Å². The van der Waals surface area contributed by atoms with Gasteiger partial charge in [0.05, 0.1) is 5.75 Å². The molecule has 1 N–H and O–H groups in total. The third-order valence-electron chi connectivity index (χ3n) is 5.43. The Balaban J connectivity index is 1.47. The molecule has 2 aromatic carbocycles. The zero-order chi connectivity index (χ0) is 20.9. The van der Waals surface area contributed by atoms with Crippen LogP contribution in [0, 0.1) is 11.7 Å². The quantitative estimate of drug-likeness (QED) is 0.750. The highest BCUT2D eigenvalue weighted by Crippen LogP contribution is 2.22. The van der Waals surface area contributed by atoms with Crippen molar-refractivity contribution in [2.75, 3.05) is 19.6 Å². The van der Waals surface area contributed by atoms with Crippen LogP contribution >= 0.6 is 0 Å². The summed E-state index contributed by atoms with van der Waals surface area (Å²) in [5.41, 5.74) is 1.73. The van der Waals surface area contributed by atoms with Crippen molar-refractivity contribution in [2.45, 2.75) is 31.4 Å². The first-order valence-electron chi connectivity index (χ1n) is 9.90. The fourth-order valence-corrected chi connectivity index (χ4v) is 5.14. The van der Waals surface area contributed by atoms with Gasteiger partial charge in [0, 0.05) is 25.6 Å². The van der Waals surface area contributed by atoms with E-state index >= 15 is 0 Å². The van der Waals surface area contributed by atoms with E-state index in [1.807, 2.05) is 30.3 Å². The maximum atomic E-state index is 13.0. The number of amides is 1. The second kappa shape index (κ2) is 9.50. The second-order valence-corrected chi connectivity index (χ2v) is 9.58. The standard InChI is InChI=1S/C22H27FN2O3S/c1-17(19-5-3-2-4-6-19)15-24-22(26)20-11-13-25(14-12-20)29(27,28)16-18-7-9-21(23)10-8-18/h2-10,17,20H,11-16H2,1H3,(H,24,26)/t17-/m1/s1. The van der Waals surface area contributed by atoms with Crippen molar-refractivity contribution in [3.8, 4) is 0 Å². The normalized spacial score (nSPS) is 17.0. The predicted molar refractivity (Wildman–Crippen MR) is 111 cm³/mol. The topological polar surface area (TPSA) is 66.5 Å². The minimum atomic E-state index is -3.48. The summed E-state index contributed by atoms with van der Waals surface area (Å²) in [4.78, 5) is 12.5. The number of carbonyl (C=O) groups is 1. The number of carbonyl (C=O) groups excluding carboxylic acids is 1. The molecule has 0 aliphatic carbocycles.